The van der Waals surface area contributed by atoms with Crippen molar-refractivity contribution in [3.8, 4) is 0 Å². The fourth-order valence-electron chi connectivity index (χ4n) is 2.13. The summed E-state index contributed by atoms with van der Waals surface area (Å²) >= 11 is 6.01. The van der Waals surface area contributed by atoms with Gasteiger partial charge in [0.15, 0.2) is 0 Å². The van der Waals surface area contributed by atoms with Crippen molar-refractivity contribution in [3.63, 3.8) is 0 Å². The molecule has 118 valence electrons. The van der Waals surface area contributed by atoms with Crippen LogP contribution in [0, 0.1) is 0 Å². The molecule has 2 aromatic rings. The molecule has 0 saturated heterocycles. The third-order valence-corrected chi connectivity index (χ3v) is 3.23. The Labute approximate surface area is 135 Å². The van der Waals surface area contributed by atoms with Crippen molar-refractivity contribution < 1.29 is 15.0 Å². The molecule has 0 aromatic heterocycles. The molecule has 0 spiro atoms. The monoisotopic (exact) mass is 321 g/mol. The summed E-state index contributed by atoms with van der Waals surface area (Å²) < 4.78 is 0. The summed E-state index contributed by atoms with van der Waals surface area (Å²) in [4.78, 5) is 9.00. The number of aliphatic carboxylic acids is 1. The fraction of sp³-hybridized carbons (Fsp3) is 0.235. The topological polar surface area (TPSA) is 83.5 Å². The van der Waals surface area contributed by atoms with Gasteiger partial charge in [-0.3, -0.25) is 4.79 Å². The van der Waals surface area contributed by atoms with Crippen LogP contribution in [0.15, 0.2) is 54.6 Å². The summed E-state index contributed by atoms with van der Waals surface area (Å²) in [5.74, 6) is -0.977. The molecule has 0 radical (unpaired) electrons. The number of rotatable bonds is 4. The Balaban J connectivity index is 0.000000541. The predicted molar refractivity (Wildman–Crippen MR) is 88.1 cm³/mol. The van der Waals surface area contributed by atoms with E-state index < -0.39 is 12.1 Å². The lowest BCUT2D eigenvalue weighted by Gasteiger charge is -2.23. The SMILES string of the molecule is CC(=O)O.NCC(O)C(c1ccccc1)c1cccc(Cl)c1. The molecule has 0 aliphatic carbocycles. The molecule has 2 unspecified atom stereocenters. The Kier molecular flexibility index (Phi) is 7.60. The van der Waals surface area contributed by atoms with Gasteiger partial charge in [0.25, 0.3) is 5.97 Å². The largest absolute Gasteiger partial charge is 0.481 e. The summed E-state index contributed by atoms with van der Waals surface area (Å²) in [5.41, 5.74) is 7.62. The molecule has 2 rings (SSSR count). The van der Waals surface area contributed by atoms with E-state index in [-0.39, 0.29) is 12.5 Å². The zero-order chi connectivity index (χ0) is 16.5. The first-order chi connectivity index (χ1) is 10.5. The smallest absolute Gasteiger partial charge is 0.300 e. The van der Waals surface area contributed by atoms with Gasteiger partial charge in [0.05, 0.1) is 6.10 Å². The highest BCUT2D eigenvalue weighted by Crippen LogP contribution is 2.29. The number of halogens is 1. The molecule has 2 aromatic carbocycles. The average molecular weight is 322 g/mol. The molecule has 2 atom stereocenters. The van der Waals surface area contributed by atoms with E-state index in [1.165, 1.54) is 0 Å². The van der Waals surface area contributed by atoms with Crippen LogP contribution in [0.2, 0.25) is 5.02 Å². The second-order valence-electron chi connectivity index (χ2n) is 4.77. The molecule has 0 aliphatic heterocycles. The number of carboxylic acid groups (broad SMARTS) is 1. The Morgan fingerprint density at radius 3 is 2.18 bits per heavy atom. The highest BCUT2D eigenvalue weighted by Gasteiger charge is 2.21. The Morgan fingerprint density at radius 1 is 1.14 bits per heavy atom. The van der Waals surface area contributed by atoms with Crippen molar-refractivity contribution >= 4 is 17.6 Å². The first-order valence-corrected chi connectivity index (χ1v) is 7.21. The van der Waals surface area contributed by atoms with E-state index in [1.54, 1.807) is 0 Å². The summed E-state index contributed by atoms with van der Waals surface area (Å²) in [7, 11) is 0. The lowest BCUT2D eigenvalue weighted by atomic mass is 9.86. The van der Waals surface area contributed by atoms with Crippen molar-refractivity contribution in [1.82, 2.24) is 0 Å². The highest BCUT2D eigenvalue weighted by molar-refractivity contribution is 6.30. The fourth-order valence-corrected chi connectivity index (χ4v) is 2.33. The number of benzene rings is 2. The van der Waals surface area contributed by atoms with Crippen LogP contribution in [0.5, 0.6) is 0 Å². The van der Waals surface area contributed by atoms with Crippen LogP contribution >= 0.6 is 11.6 Å². The molecule has 4 nitrogen and oxygen atoms in total. The Bertz CT molecular complexity index is 585. The standard InChI is InChI=1S/C15H16ClNO.C2H4O2/c16-13-8-4-7-12(9-13)15(14(18)10-17)11-5-2-1-3-6-11;1-2(3)4/h1-9,14-15,18H,10,17H2;1H3,(H,3,4). The van der Waals surface area contributed by atoms with Crippen LogP contribution in [0.25, 0.3) is 0 Å². The number of nitrogens with two attached hydrogens (primary N) is 1. The van der Waals surface area contributed by atoms with Crippen molar-refractivity contribution in [2.24, 2.45) is 5.73 Å². The van der Waals surface area contributed by atoms with Crippen LogP contribution in [0.4, 0.5) is 0 Å². The van der Waals surface area contributed by atoms with Crippen molar-refractivity contribution in [3.05, 3.63) is 70.7 Å². The van der Waals surface area contributed by atoms with E-state index in [1.807, 2.05) is 54.6 Å². The van der Waals surface area contributed by atoms with Gasteiger partial charge in [-0.15, -0.1) is 0 Å². The van der Waals surface area contributed by atoms with Crippen LogP contribution < -0.4 is 5.73 Å². The van der Waals surface area contributed by atoms with Gasteiger partial charge >= 0.3 is 0 Å². The van der Waals surface area contributed by atoms with Crippen LogP contribution in [-0.4, -0.2) is 28.8 Å². The number of carboxylic acids is 1. The molecule has 4 N–H and O–H groups in total. The molecule has 0 bridgehead atoms. The van der Waals surface area contributed by atoms with E-state index in [2.05, 4.69) is 0 Å². The molecular weight excluding hydrogens is 302 g/mol. The molecule has 5 heteroatoms. The molecule has 0 saturated carbocycles. The van der Waals surface area contributed by atoms with Crippen molar-refractivity contribution in [2.45, 2.75) is 18.9 Å². The Morgan fingerprint density at radius 2 is 1.68 bits per heavy atom. The number of aliphatic hydroxyl groups excluding tert-OH is 1. The van der Waals surface area contributed by atoms with Gasteiger partial charge < -0.3 is 15.9 Å². The van der Waals surface area contributed by atoms with Crippen LogP contribution in [0.3, 0.4) is 0 Å². The lowest BCUT2D eigenvalue weighted by Crippen LogP contribution is -2.28. The molecular formula is C17H20ClNO3. The van der Waals surface area contributed by atoms with Gasteiger partial charge in [-0.05, 0) is 23.3 Å². The maximum Gasteiger partial charge on any atom is 0.300 e. The second-order valence-corrected chi connectivity index (χ2v) is 5.20. The van der Waals surface area contributed by atoms with Crippen LogP contribution in [0.1, 0.15) is 24.0 Å². The molecule has 22 heavy (non-hydrogen) atoms. The van der Waals surface area contributed by atoms with Gasteiger partial charge in [0.1, 0.15) is 0 Å². The van der Waals surface area contributed by atoms with E-state index >= 15 is 0 Å². The third-order valence-electron chi connectivity index (χ3n) is 2.99. The molecule has 0 amide bonds. The van der Waals surface area contributed by atoms with Gasteiger partial charge in [0, 0.05) is 24.4 Å². The van der Waals surface area contributed by atoms with E-state index in [0.29, 0.717) is 5.02 Å². The summed E-state index contributed by atoms with van der Waals surface area (Å²) in [6.07, 6.45) is -0.620. The number of carbonyl (C=O) groups is 1. The molecule has 0 aliphatic rings. The molecule has 0 heterocycles. The zero-order valence-corrected chi connectivity index (χ0v) is 13.1. The maximum absolute atomic E-state index is 10.1. The number of hydrogen-bond acceptors (Lipinski definition) is 3. The minimum absolute atomic E-state index is 0.144. The quantitative estimate of drug-likeness (QED) is 0.808. The van der Waals surface area contributed by atoms with Gasteiger partial charge in [-0.2, -0.15) is 0 Å². The minimum Gasteiger partial charge on any atom is -0.481 e. The van der Waals surface area contributed by atoms with Crippen molar-refractivity contribution in [1.29, 1.82) is 0 Å². The minimum atomic E-state index is -0.833. The second kappa shape index (κ2) is 9.20. The highest BCUT2D eigenvalue weighted by atomic mass is 35.5. The van der Waals surface area contributed by atoms with Crippen LogP contribution in [-0.2, 0) is 4.79 Å². The summed E-state index contributed by atoms with van der Waals surface area (Å²) in [6.45, 7) is 1.30. The normalized spacial score (nSPS) is 12.7. The first-order valence-electron chi connectivity index (χ1n) is 6.83. The lowest BCUT2D eigenvalue weighted by molar-refractivity contribution is -0.134. The average Bonchev–Trinajstić information content (AvgIpc) is 2.48. The maximum atomic E-state index is 10.1. The van der Waals surface area contributed by atoms with E-state index in [4.69, 9.17) is 27.2 Å². The van der Waals surface area contributed by atoms with Gasteiger partial charge in [-0.25, -0.2) is 0 Å². The first kappa shape index (κ1) is 18.2. The van der Waals surface area contributed by atoms with E-state index in [9.17, 15) is 5.11 Å². The van der Waals surface area contributed by atoms with Gasteiger partial charge in [-0.1, -0.05) is 54.1 Å². The van der Waals surface area contributed by atoms with Gasteiger partial charge in [0.2, 0.25) is 0 Å². The number of aliphatic hydroxyl groups is 1. The number of hydrogen-bond donors (Lipinski definition) is 3. The predicted octanol–water partition coefficient (Wildman–Crippen LogP) is 2.88. The van der Waals surface area contributed by atoms with Crippen molar-refractivity contribution in [2.75, 3.05) is 6.54 Å². The summed E-state index contributed by atoms with van der Waals surface area (Å²) in [6, 6.07) is 17.4. The molecule has 0 fully saturated rings. The third kappa shape index (κ3) is 5.85. The van der Waals surface area contributed by atoms with E-state index in [0.717, 1.165) is 18.1 Å². The zero-order valence-electron chi connectivity index (χ0n) is 12.3. The summed E-state index contributed by atoms with van der Waals surface area (Å²) in [5, 5.41) is 18.2. The Hall–Kier alpha value is -1.88.